The number of aromatic nitrogens is 3. The smallest absolute Gasteiger partial charge is 0.261 e. The fourth-order valence-electron chi connectivity index (χ4n) is 1.90. The number of nitrogens with one attached hydrogen (secondary N) is 2. The van der Waals surface area contributed by atoms with Crippen LogP contribution in [0.1, 0.15) is 5.82 Å². The summed E-state index contributed by atoms with van der Waals surface area (Å²) in [6.07, 6.45) is 0. The number of nitrogens with zero attached hydrogens (tertiary/aromatic N) is 2. The van der Waals surface area contributed by atoms with Crippen molar-refractivity contribution < 1.29 is 8.42 Å². The molecule has 0 bridgehead atoms. The first kappa shape index (κ1) is 12.6. The van der Waals surface area contributed by atoms with E-state index < -0.39 is 10.0 Å². The normalized spacial score (nSPS) is 11.7. The monoisotopic (exact) mass is 288 g/mol. The largest absolute Gasteiger partial charge is 0.264 e. The summed E-state index contributed by atoms with van der Waals surface area (Å²) < 4.78 is 26.8. The molecule has 1 aromatic heterocycles. The Balaban J connectivity index is 2.00. The maximum absolute atomic E-state index is 12.2. The predicted molar refractivity (Wildman–Crippen MR) is 75.9 cm³/mol. The standard InChI is InChI=1S/C13H12N4O2S/c1-9-14-13(16-15-9)17-20(18,19)12-7-6-10-4-2-3-5-11(10)8-12/h2-8H,1H3,(H2,14,15,16,17). The van der Waals surface area contributed by atoms with E-state index in [2.05, 4.69) is 19.9 Å². The topological polar surface area (TPSA) is 87.7 Å². The highest BCUT2D eigenvalue weighted by Crippen LogP contribution is 2.20. The van der Waals surface area contributed by atoms with Gasteiger partial charge in [-0.3, -0.25) is 5.10 Å². The average molecular weight is 288 g/mol. The first-order valence-electron chi connectivity index (χ1n) is 5.95. The Morgan fingerprint density at radius 1 is 1.10 bits per heavy atom. The van der Waals surface area contributed by atoms with Crippen LogP contribution in [0.25, 0.3) is 10.8 Å². The van der Waals surface area contributed by atoms with Gasteiger partial charge in [0.1, 0.15) is 5.82 Å². The Bertz CT molecular complexity index is 871. The van der Waals surface area contributed by atoms with Crippen LogP contribution in [0.3, 0.4) is 0 Å². The number of benzene rings is 2. The molecular formula is C13H12N4O2S. The molecular weight excluding hydrogens is 276 g/mol. The van der Waals surface area contributed by atoms with Crippen molar-refractivity contribution in [3.63, 3.8) is 0 Å². The maximum Gasteiger partial charge on any atom is 0.264 e. The molecule has 1 heterocycles. The zero-order chi connectivity index (χ0) is 14.2. The number of hydrogen-bond donors (Lipinski definition) is 2. The Kier molecular flexibility index (Phi) is 2.90. The second-order valence-corrected chi connectivity index (χ2v) is 6.04. The van der Waals surface area contributed by atoms with Gasteiger partial charge < -0.3 is 0 Å². The molecule has 0 spiro atoms. The van der Waals surface area contributed by atoms with Gasteiger partial charge in [0.05, 0.1) is 4.90 Å². The molecule has 0 saturated heterocycles. The average Bonchev–Trinajstić information content (AvgIpc) is 2.83. The molecule has 3 aromatic rings. The van der Waals surface area contributed by atoms with Gasteiger partial charge in [0.25, 0.3) is 16.0 Å². The molecule has 0 amide bonds. The van der Waals surface area contributed by atoms with E-state index in [4.69, 9.17) is 0 Å². The van der Waals surface area contributed by atoms with Gasteiger partial charge in [0.15, 0.2) is 0 Å². The lowest BCUT2D eigenvalue weighted by molar-refractivity contribution is 0.601. The van der Waals surface area contributed by atoms with E-state index in [1.165, 1.54) is 0 Å². The van der Waals surface area contributed by atoms with Crippen molar-refractivity contribution in [1.82, 2.24) is 15.2 Å². The Hall–Kier alpha value is -2.41. The van der Waals surface area contributed by atoms with E-state index in [-0.39, 0.29) is 10.8 Å². The van der Waals surface area contributed by atoms with E-state index in [0.717, 1.165) is 10.8 Å². The van der Waals surface area contributed by atoms with Crippen LogP contribution >= 0.6 is 0 Å². The van der Waals surface area contributed by atoms with Crippen LogP contribution in [0.2, 0.25) is 0 Å². The Morgan fingerprint density at radius 3 is 2.55 bits per heavy atom. The van der Waals surface area contributed by atoms with Crippen LogP contribution in [0.5, 0.6) is 0 Å². The minimum absolute atomic E-state index is 0.0376. The van der Waals surface area contributed by atoms with E-state index in [0.29, 0.717) is 5.82 Å². The van der Waals surface area contributed by atoms with Crippen molar-refractivity contribution in [2.24, 2.45) is 0 Å². The summed E-state index contributed by atoms with van der Waals surface area (Å²) in [6, 6.07) is 12.5. The first-order chi connectivity index (χ1) is 9.54. The maximum atomic E-state index is 12.2. The summed E-state index contributed by atoms with van der Waals surface area (Å²) in [7, 11) is -3.69. The van der Waals surface area contributed by atoms with Crippen molar-refractivity contribution >= 4 is 26.7 Å². The van der Waals surface area contributed by atoms with Gasteiger partial charge in [0.2, 0.25) is 0 Å². The molecule has 0 aliphatic heterocycles. The zero-order valence-electron chi connectivity index (χ0n) is 10.7. The molecule has 0 aliphatic rings. The molecule has 0 saturated carbocycles. The van der Waals surface area contributed by atoms with Crippen LogP contribution < -0.4 is 4.72 Å². The van der Waals surface area contributed by atoms with Gasteiger partial charge in [-0.05, 0) is 29.8 Å². The number of anilines is 1. The van der Waals surface area contributed by atoms with Gasteiger partial charge in [-0.2, -0.15) is 4.98 Å². The highest BCUT2D eigenvalue weighted by molar-refractivity contribution is 7.92. The van der Waals surface area contributed by atoms with E-state index in [1.54, 1.807) is 25.1 Å². The molecule has 0 aliphatic carbocycles. The fraction of sp³-hybridized carbons (Fsp3) is 0.0769. The summed E-state index contributed by atoms with van der Waals surface area (Å²) in [4.78, 5) is 4.11. The molecule has 102 valence electrons. The number of H-pyrrole nitrogens is 1. The minimum atomic E-state index is -3.69. The fourth-order valence-corrected chi connectivity index (χ4v) is 2.88. The quantitative estimate of drug-likeness (QED) is 0.772. The number of sulfonamides is 1. The van der Waals surface area contributed by atoms with Crippen molar-refractivity contribution in [1.29, 1.82) is 0 Å². The van der Waals surface area contributed by atoms with Crippen molar-refractivity contribution in [2.75, 3.05) is 4.72 Å². The lowest BCUT2D eigenvalue weighted by atomic mass is 10.1. The summed E-state index contributed by atoms with van der Waals surface area (Å²) in [5.74, 6) is 0.580. The van der Waals surface area contributed by atoms with E-state index >= 15 is 0 Å². The summed E-state index contributed by atoms with van der Waals surface area (Å²) >= 11 is 0. The predicted octanol–water partition coefficient (Wildman–Crippen LogP) is 2.07. The number of hydrogen-bond acceptors (Lipinski definition) is 4. The van der Waals surface area contributed by atoms with Crippen LogP contribution in [0.15, 0.2) is 47.4 Å². The van der Waals surface area contributed by atoms with Gasteiger partial charge in [-0.1, -0.05) is 30.3 Å². The zero-order valence-corrected chi connectivity index (χ0v) is 11.5. The first-order valence-corrected chi connectivity index (χ1v) is 7.43. The SMILES string of the molecule is Cc1nc(NS(=O)(=O)c2ccc3ccccc3c2)n[nH]1. The Labute approximate surface area is 115 Å². The van der Waals surface area contributed by atoms with Gasteiger partial charge >= 0.3 is 0 Å². The molecule has 2 N–H and O–H groups in total. The Morgan fingerprint density at radius 2 is 1.85 bits per heavy atom. The van der Waals surface area contributed by atoms with Crippen LogP contribution in [-0.2, 0) is 10.0 Å². The van der Waals surface area contributed by atoms with Crippen molar-refractivity contribution in [3.05, 3.63) is 48.3 Å². The third-order valence-corrected chi connectivity index (χ3v) is 4.18. The minimum Gasteiger partial charge on any atom is -0.261 e. The number of aryl methyl sites for hydroxylation is 1. The molecule has 6 nitrogen and oxygen atoms in total. The highest BCUT2D eigenvalue weighted by Gasteiger charge is 2.16. The molecule has 0 fully saturated rings. The lowest BCUT2D eigenvalue weighted by Crippen LogP contribution is -2.14. The van der Waals surface area contributed by atoms with Crippen LogP contribution in [0.4, 0.5) is 5.95 Å². The molecule has 0 atom stereocenters. The van der Waals surface area contributed by atoms with Gasteiger partial charge in [0, 0.05) is 0 Å². The number of aromatic amines is 1. The summed E-state index contributed by atoms with van der Waals surface area (Å²) in [5.41, 5.74) is 0. The third kappa shape index (κ3) is 2.35. The van der Waals surface area contributed by atoms with Crippen molar-refractivity contribution in [3.8, 4) is 0 Å². The van der Waals surface area contributed by atoms with Crippen LogP contribution in [-0.4, -0.2) is 23.6 Å². The van der Waals surface area contributed by atoms with E-state index in [1.807, 2.05) is 24.3 Å². The van der Waals surface area contributed by atoms with E-state index in [9.17, 15) is 8.42 Å². The second kappa shape index (κ2) is 4.61. The third-order valence-electron chi connectivity index (χ3n) is 2.85. The van der Waals surface area contributed by atoms with Gasteiger partial charge in [-0.25, -0.2) is 13.1 Å². The summed E-state index contributed by atoms with van der Waals surface area (Å²) in [5, 5.41) is 8.20. The molecule has 0 unspecified atom stereocenters. The molecule has 0 radical (unpaired) electrons. The molecule has 2 aromatic carbocycles. The van der Waals surface area contributed by atoms with Gasteiger partial charge in [-0.15, -0.1) is 5.10 Å². The van der Waals surface area contributed by atoms with Crippen molar-refractivity contribution in [2.45, 2.75) is 11.8 Å². The number of rotatable bonds is 3. The van der Waals surface area contributed by atoms with Crippen LogP contribution in [0, 0.1) is 6.92 Å². The molecule has 7 heteroatoms. The number of fused-ring (bicyclic) bond motifs is 1. The highest BCUT2D eigenvalue weighted by atomic mass is 32.2. The molecule has 3 rings (SSSR count). The summed E-state index contributed by atoms with van der Waals surface area (Å²) in [6.45, 7) is 1.70. The second-order valence-electron chi connectivity index (χ2n) is 4.36. The molecule has 20 heavy (non-hydrogen) atoms. The lowest BCUT2D eigenvalue weighted by Gasteiger charge is -2.05.